The molecule has 2 saturated heterocycles. The van der Waals surface area contributed by atoms with E-state index in [1.807, 2.05) is 23.3 Å². The van der Waals surface area contributed by atoms with E-state index in [1.165, 1.54) is 17.7 Å². The van der Waals surface area contributed by atoms with E-state index >= 15 is 0 Å². The van der Waals surface area contributed by atoms with Gasteiger partial charge in [0, 0.05) is 44.1 Å². The molecule has 1 aromatic rings. The Morgan fingerprint density at radius 2 is 1.63 bits per heavy atom. The van der Waals surface area contributed by atoms with Gasteiger partial charge in [0.25, 0.3) is 0 Å². The van der Waals surface area contributed by atoms with Gasteiger partial charge in [-0.3, -0.25) is 19.4 Å². The van der Waals surface area contributed by atoms with Crippen LogP contribution in [0.5, 0.6) is 0 Å². The van der Waals surface area contributed by atoms with Crippen LogP contribution in [0.1, 0.15) is 43.5 Å². The molecule has 2 aliphatic rings. The first-order valence-electron chi connectivity index (χ1n) is 10.2. The fourth-order valence-electron chi connectivity index (χ4n) is 3.82. The molecular formula is C20H32N4O2S. The predicted octanol–water partition coefficient (Wildman–Crippen LogP) is 1.95. The molecule has 6 nitrogen and oxygen atoms in total. The second-order valence-electron chi connectivity index (χ2n) is 7.65. The van der Waals surface area contributed by atoms with Crippen molar-refractivity contribution in [2.24, 2.45) is 0 Å². The molecule has 2 amide bonds. The summed E-state index contributed by atoms with van der Waals surface area (Å²) in [6.07, 6.45) is 4.77. The molecule has 0 radical (unpaired) electrons. The molecule has 1 unspecified atom stereocenters. The van der Waals surface area contributed by atoms with E-state index in [2.05, 4.69) is 21.2 Å². The lowest BCUT2D eigenvalue weighted by atomic mass is 10.2. The Kier molecular flexibility index (Phi) is 7.67. The van der Waals surface area contributed by atoms with Crippen LogP contribution in [0.4, 0.5) is 0 Å². The molecule has 150 valence electrons. The molecule has 0 saturated carbocycles. The Balaban J connectivity index is 1.35. The van der Waals surface area contributed by atoms with Gasteiger partial charge in [-0.25, -0.2) is 0 Å². The standard InChI is InChI=1S/C20H32N4O2S/c1-17(18-7-6-14-27-18)21-19(25)15-22-10-12-23(13-11-22)16-20(26)24-8-4-2-3-5-9-24/h6-7,14,17H,2-5,8-13,15-16H2,1H3,(H,21,25). The van der Waals surface area contributed by atoms with Gasteiger partial charge >= 0.3 is 0 Å². The van der Waals surface area contributed by atoms with Crippen molar-refractivity contribution in [1.29, 1.82) is 0 Å². The third-order valence-electron chi connectivity index (χ3n) is 5.50. The maximum Gasteiger partial charge on any atom is 0.236 e. The summed E-state index contributed by atoms with van der Waals surface area (Å²) in [6.45, 7) is 8.21. The van der Waals surface area contributed by atoms with Crippen LogP contribution in [0.25, 0.3) is 0 Å². The molecule has 7 heteroatoms. The number of nitrogens with one attached hydrogen (secondary N) is 1. The van der Waals surface area contributed by atoms with Gasteiger partial charge < -0.3 is 10.2 Å². The molecule has 2 aliphatic heterocycles. The minimum absolute atomic E-state index is 0.0602. The summed E-state index contributed by atoms with van der Waals surface area (Å²) in [5.74, 6) is 0.345. The number of nitrogens with zero attached hydrogens (tertiary/aromatic N) is 3. The zero-order valence-electron chi connectivity index (χ0n) is 16.4. The average Bonchev–Trinajstić information content (AvgIpc) is 3.06. The second kappa shape index (κ2) is 10.2. The van der Waals surface area contributed by atoms with Crippen molar-refractivity contribution in [3.05, 3.63) is 22.4 Å². The molecule has 0 aliphatic carbocycles. The molecule has 0 spiro atoms. The summed E-state index contributed by atoms with van der Waals surface area (Å²) < 4.78 is 0. The first kappa shape index (κ1) is 20.3. The van der Waals surface area contributed by atoms with Crippen molar-refractivity contribution in [3.8, 4) is 0 Å². The van der Waals surface area contributed by atoms with Crippen LogP contribution < -0.4 is 5.32 Å². The van der Waals surface area contributed by atoms with E-state index in [-0.39, 0.29) is 17.9 Å². The van der Waals surface area contributed by atoms with Crippen molar-refractivity contribution >= 4 is 23.2 Å². The molecule has 3 heterocycles. The average molecular weight is 393 g/mol. The fourth-order valence-corrected chi connectivity index (χ4v) is 4.55. The zero-order chi connectivity index (χ0) is 19.1. The number of rotatable bonds is 6. The largest absolute Gasteiger partial charge is 0.348 e. The van der Waals surface area contributed by atoms with E-state index in [0.717, 1.165) is 52.1 Å². The van der Waals surface area contributed by atoms with Gasteiger partial charge in [0.15, 0.2) is 0 Å². The van der Waals surface area contributed by atoms with Crippen LogP contribution in [0, 0.1) is 0 Å². The quantitative estimate of drug-likeness (QED) is 0.804. The number of likely N-dealkylation sites (tertiary alicyclic amines) is 1. The van der Waals surface area contributed by atoms with Crippen LogP contribution >= 0.6 is 11.3 Å². The molecule has 1 atom stereocenters. The Labute approximate surface area is 166 Å². The minimum Gasteiger partial charge on any atom is -0.348 e. The van der Waals surface area contributed by atoms with E-state index in [9.17, 15) is 9.59 Å². The summed E-state index contributed by atoms with van der Waals surface area (Å²) in [5.41, 5.74) is 0. The molecule has 0 aromatic carbocycles. The van der Waals surface area contributed by atoms with E-state index in [1.54, 1.807) is 11.3 Å². The SMILES string of the molecule is CC(NC(=O)CN1CCN(CC(=O)N2CCCCCC2)CC1)c1cccs1. The van der Waals surface area contributed by atoms with Crippen molar-refractivity contribution in [2.45, 2.75) is 38.6 Å². The summed E-state index contributed by atoms with van der Waals surface area (Å²) in [4.78, 5) is 32.4. The van der Waals surface area contributed by atoms with Gasteiger partial charge in [-0.1, -0.05) is 18.9 Å². The van der Waals surface area contributed by atoms with Crippen LogP contribution in [-0.4, -0.2) is 78.9 Å². The number of hydrogen-bond acceptors (Lipinski definition) is 5. The molecule has 1 aromatic heterocycles. The number of carbonyl (C=O) groups is 2. The Bertz CT molecular complexity index is 591. The maximum atomic E-state index is 12.5. The highest BCUT2D eigenvalue weighted by Crippen LogP contribution is 2.18. The lowest BCUT2D eigenvalue weighted by Gasteiger charge is -2.35. The maximum absolute atomic E-state index is 12.5. The normalized spacial score (nSPS) is 20.9. The minimum atomic E-state index is 0.0602. The van der Waals surface area contributed by atoms with Gasteiger partial charge in [0.1, 0.15) is 0 Å². The molecule has 1 N–H and O–H groups in total. The van der Waals surface area contributed by atoms with E-state index < -0.39 is 0 Å². The molecule has 0 bridgehead atoms. The molecule has 3 rings (SSSR count). The van der Waals surface area contributed by atoms with E-state index in [4.69, 9.17) is 0 Å². The number of amides is 2. The van der Waals surface area contributed by atoms with Crippen molar-refractivity contribution < 1.29 is 9.59 Å². The Morgan fingerprint density at radius 3 is 2.22 bits per heavy atom. The zero-order valence-corrected chi connectivity index (χ0v) is 17.2. The van der Waals surface area contributed by atoms with Crippen LogP contribution in [-0.2, 0) is 9.59 Å². The lowest BCUT2D eigenvalue weighted by molar-refractivity contribution is -0.133. The summed E-state index contributed by atoms with van der Waals surface area (Å²) in [7, 11) is 0. The topological polar surface area (TPSA) is 55.9 Å². The van der Waals surface area contributed by atoms with Gasteiger partial charge in [0.05, 0.1) is 19.1 Å². The number of hydrogen-bond donors (Lipinski definition) is 1. The van der Waals surface area contributed by atoms with Gasteiger partial charge in [-0.05, 0) is 31.2 Å². The molecule has 27 heavy (non-hydrogen) atoms. The Hall–Kier alpha value is -1.44. The van der Waals surface area contributed by atoms with Gasteiger partial charge in [0.2, 0.25) is 11.8 Å². The number of piperazine rings is 1. The number of thiophene rings is 1. The molecule has 2 fully saturated rings. The molecular weight excluding hydrogens is 360 g/mol. The van der Waals surface area contributed by atoms with E-state index in [0.29, 0.717) is 13.1 Å². The third kappa shape index (κ3) is 6.30. The Morgan fingerprint density at radius 1 is 1.00 bits per heavy atom. The summed E-state index contributed by atoms with van der Waals surface area (Å²) >= 11 is 1.67. The monoisotopic (exact) mass is 392 g/mol. The fraction of sp³-hybridized carbons (Fsp3) is 0.700. The van der Waals surface area contributed by atoms with Gasteiger partial charge in [-0.15, -0.1) is 11.3 Å². The first-order valence-corrected chi connectivity index (χ1v) is 11.0. The van der Waals surface area contributed by atoms with Crippen LogP contribution in [0.15, 0.2) is 17.5 Å². The van der Waals surface area contributed by atoms with Crippen molar-refractivity contribution in [3.63, 3.8) is 0 Å². The number of carbonyl (C=O) groups excluding carboxylic acids is 2. The lowest BCUT2D eigenvalue weighted by Crippen LogP contribution is -2.52. The van der Waals surface area contributed by atoms with Crippen LogP contribution in [0.2, 0.25) is 0 Å². The highest BCUT2D eigenvalue weighted by atomic mass is 32.1. The first-order chi connectivity index (χ1) is 13.1. The van der Waals surface area contributed by atoms with Crippen molar-refractivity contribution in [1.82, 2.24) is 20.0 Å². The highest BCUT2D eigenvalue weighted by Gasteiger charge is 2.23. The van der Waals surface area contributed by atoms with Crippen molar-refractivity contribution in [2.75, 3.05) is 52.4 Å². The summed E-state index contributed by atoms with van der Waals surface area (Å²) in [5, 5.41) is 5.11. The van der Waals surface area contributed by atoms with Crippen LogP contribution in [0.3, 0.4) is 0 Å². The predicted molar refractivity (Wildman–Crippen MR) is 109 cm³/mol. The third-order valence-corrected chi connectivity index (χ3v) is 6.55. The highest BCUT2D eigenvalue weighted by molar-refractivity contribution is 7.10. The second-order valence-corrected chi connectivity index (χ2v) is 8.63. The smallest absolute Gasteiger partial charge is 0.236 e. The summed E-state index contributed by atoms with van der Waals surface area (Å²) in [6, 6.07) is 4.12. The van der Waals surface area contributed by atoms with Gasteiger partial charge in [-0.2, -0.15) is 0 Å².